The van der Waals surface area contributed by atoms with E-state index in [0.29, 0.717) is 37.9 Å². The lowest BCUT2D eigenvalue weighted by Gasteiger charge is -2.47. The van der Waals surface area contributed by atoms with Gasteiger partial charge in [0.05, 0.1) is 23.9 Å². The smallest absolute Gasteiger partial charge is 0.410 e. The van der Waals surface area contributed by atoms with E-state index in [1.165, 1.54) is 0 Å². The van der Waals surface area contributed by atoms with Crippen LogP contribution in [0.2, 0.25) is 0 Å². The predicted molar refractivity (Wildman–Crippen MR) is 203 cm³/mol. The van der Waals surface area contributed by atoms with Crippen molar-refractivity contribution < 1.29 is 43.2 Å². The summed E-state index contributed by atoms with van der Waals surface area (Å²) < 4.78 is 31.5. The molecule has 1 aromatic rings. The molecule has 12 nitrogen and oxygen atoms in total. The van der Waals surface area contributed by atoms with Crippen LogP contribution in [0, 0.1) is 17.8 Å². The van der Waals surface area contributed by atoms with Crippen LogP contribution in [0.25, 0.3) is 0 Å². The van der Waals surface area contributed by atoms with E-state index in [1.54, 1.807) is 31.9 Å². The van der Waals surface area contributed by atoms with Crippen molar-refractivity contribution in [1.82, 2.24) is 9.80 Å². The number of aliphatic hydroxyl groups excluding tert-OH is 1. The summed E-state index contributed by atoms with van der Waals surface area (Å²) in [6.07, 6.45) is -0.495. The summed E-state index contributed by atoms with van der Waals surface area (Å²) in [6, 6.07) is 9.11. The lowest BCUT2D eigenvalue weighted by Crippen LogP contribution is -2.59. The number of amides is 1. The minimum absolute atomic E-state index is 0.0687. The van der Waals surface area contributed by atoms with Crippen LogP contribution >= 0.6 is 0 Å². The maximum absolute atomic E-state index is 14.6. The average Bonchev–Trinajstić information content (AvgIpc) is 3.38. The summed E-state index contributed by atoms with van der Waals surface area (Å²) in [5.41, 5.74) is -0.934. The molecule has 3 aliphatic rings. The summed E-state index contributed by atoms with van der Waals surface area (Å²) in [7, 11) is 7.43. The molecule has 298 valence electrons. The Balaban J connectivity index is 1.71. The summed E-state index contributed by atoms with van der Waals surface area (Å²) in [5, 5.41) is 11.4. The second kappa shape index (κ2) is 17.6. The largest absolute Gasteiger partial charge is 0.455 e. The van der Waals surface area contributed by atoms with Crippen molar-refractivity contribution in [3.05, 3.63) is 42.0 Å². The number of anilines is 1. The molecule has 12 atom stereocenters. The Morgan fingerprint density at radius 1 is 1.04 bits per heavy atom. The highest BCUT2D eigenvalue weighted by Gasteiger charge is 2.60. The van der Waals surface area contributed by atoms with Crippen LogP contribution in [-0.4, -0.2) is 128 Å². The number of nitrogens with zero attached hydrogens (tertiary/aromatic N) is 3. The fourth-order valence-corrected chi connectivity index (χ4v) is 8.90. The van der Waals surface area contributed by atoms with Gasteiger partial charge in [0.2, 0.25) is 0 Å². The van der Waals surface area contributed by atoms with Crippen molar-refractivity contribution in [2.24, 2.45) is 17.8 Å². The van der Waals surface area contributed by atoms with Gasteiger partial charge in [-0.1, -0.05) is 52.0 Å². The molecule has 1 N–H and O–H groups in total. The first-order chi connectivity index (χ1) is 24.9. The number of esters is 1. The Morgan fingerprint density at radius 3 is 2.30 bits per heavy atom. The van der Waals surface area contributed by atoms with Crippen LogP contribution in [0.15, 0.2) is 42.0 Å². The van der Waals surface area contributed by atoms with Crippen LogP contribution in [0.1, 0.15) is 81.1 Å². The number of hydrogen-bond donors (Lipinski definition) is 1. The highest BCUT2D eigenvalue weighted by atomic mass is 16.7. The van der Waals surface area contributed by atoms with Crippen LogP contribution in [0.3, 0.4) is 0 Å². The molecule has 3 aliphatic heterocycles. The van der Waals surface area contributed by atoms with Crippen LogP contribution in [-0.2, 0) is 33.3 Å². The van der Waals surface area contributed by atoms with Gasteiger partial charge in [-0.25, -0.2) is 9.59 Å². The first-order valence-electron chi connectivity index (χ1n) is 19.3. The molecule has 0 aliphatic carbocycles. The third kappa shape index (κ3) is 9.27. The lowest BCUT2D eigenvalue weighted by atomic mass is 9.74. The first kappa shape index (κ1) is 42.7. The number of para-hydroxylation sites is 1. The number of Topliss-reactive ketones (excluding diaryl/α,β-unsaturated/α-hetero) is 1. The number of methoxy groups -OCH3 is 1. The van der Waals surface area contributed by atoms with E-state index in [4.69, 9.17) is 23.7 Å². The third-order valence-electron chi connectivity index (χ3n) is 11.9. The normalized spacial score (nSPS) is 38.4. The number of ether oxygens (including phenoxy) is 5. The van der Waals surface area contributed by atoms with Crippen molar-refractivity contribution in [2.45, 2.75) is 135 Å². The Morgan fingerprint density at radius 2 is 1.70 bits per heavy atom. The van der Waals surface area contributed by atoms with Gasteiger partial charge in [0.25, 0.3) is 0 Å². The highest BCUT2D eigenvalue weighted by Crippen LogP contribution is 2.43. The molecule has 0 bridgehead atoms. The van der Waals surface area contributed by atoms with E-state index < -0.39 is 71.7 Å². The number of carbonyl (C=O) groups is 3. The van der Waals surface area contributed by atoms with E-state index in [9.17, 15) is 19.5 Å². The average molecular weight is 744 g/mol. The number of likely N-dealkylation sites (N-methyl/N-ethyl adjacent to an activating group) is 1. The minimum Gasteiger partial charge on any atom is -0.455 e. The Kier molecular flexibility index (Phi) is 14.2. The summed E-state index contributed by atoms with van der Waals surface area (Å²) >= 11 is 0. The molecule has 0 spiro atoms. The Labute approximate surface area is 317 Å². The molecule has 1 amide bonds. The van der Waals surface area contributed by atoms with Gasteiger partial charge in [0, 0.05) is 62.3 Å². The topological polar surface area (TPSA) is 127 Å². The lowest BCUT2D eigenvalue weighted by molar-refractivity contribution is -0.294. The summed E-state index contributed by atoms with van der Waals surface area (Å²) in [4.78, 5) is 48.0. The van der Waals surface area contributed by atoms with Gasteiger partial charge < -0.3 is 43.5 Å². The van der Waals surface area contributed by atoms with Gasteiger partial charge in [-0.05, 0) is 79.6 Å². The zero-order valence-corrected chi connectivity index (χ0v) is 34.0. The van der Waals surface area contributed by atoms with Crippen LogP contribution in [0.5, 0.6) is 0 Å². The van der Waals surface area contributed by atoms with E-state index in [1.807, 2.05) is 97.9 Å². The molecule has 2 fully saturated rings. The van der Waals surface area contributed by atoms with Crippen molar-refractivity contribution >= 4 is 23.5 Å². The van der Waals surface area contributed by atoms with E-state index >= 15 is 0 Å². The number of aliphatic hydroxyl groups is 1. The molecule has 0 radical (unpaired) electrons. The van der Waals surface area contributed by atoms with Gasteiger partial charge in [0.1, 0.15) is 18.0 Å². The van der Waals surface area contributed by atoms with Gasteiger partial charge in [-0.2, -0.15) is 0 Å². The molecule has 3 heterocycles. The fourth-order valence-electron chi connectivity index (χ4n) is 8.90. The van der Waals surface area contributed by atoms with Gasteiger partial charge in [-0.15, -0.1) is 0 Å². The zero-order valence-electron chi connectivity index (χ0n) is 34.0. The SMILES string of the molecule is CC[C@H]1OC(=O)/C(C)=C/[C@H](C)[C@@H](O[C@@H]2O[C@H](C)C[C@H](N(C)C)[C@H]2O)[C@@](C)(OC)C[C@@H](C)C(=O)[C@H](C)[C@H]2N(CCCN(C)c3ccccc3)C(=O)O[C@]12C. The van der Waals surface area contributed by atoms with E-state index in [-0.39, 0.29) is 24.3 Å². The Bertz CT molecular complexity index is 1440. The van der Waals surface area contributed by atoms with E-state index in [0.717, 1.165) is 5.69 Å². The number of cyclic esters (lactones) is 1. The number of fused-ring (bicyclic) bond motifs is 1. The molecular formula is C41H65N3O9. The number of rotatable bonds is 10. The number of hydrogen-bond acceptors (Lipinski definition) is 11. The molecular weight excluding hydrogens is 678 g/mol. The predicted octanol–water partition coefficient (Wildman–Crippen LogP) is 5.46. The maximum atomic E-state index is 14.6. The fraction of sp³-hybridized carbons (Fsp3) is 0.732. The summed E-state index contributed by atoms with van der Waals surface area (Å²) in [6.45, 7) is 15.9. The second-order valence-corrected chi connectivity index (χ2v) is 16.3. The summed E-state index contributed by atoms with van der Waals surface area (Å²) in [5.74, 6) is -2.26. The molecule has 53 heavy (non-hydrogen) atoms. The van der Waals surface area contributed by atoms with Gasteiger partial charge in [0.15, 0.2) is 11.9 Å². The number of carbonyl (C=O) groups excluding carboxylic acids is 3. The third-order valence-corrected chi connectivity index (χ3v) is 11.9. The second-order valence-electron chi connectivity index (χ2n) is 16.3. The molecule has 4 rings (SSSR count). The van der Waals surface area contributed by atoms with Gasteiger partial charge in [-0.3, -0.25) is 4.79 Å². The quantitative estimate of drug-likeness (QED) is 0.307. The monoisotopic (exact) mass is 743 g/mol. The zero-order chi connectivity index (χ0) is 39.4. The van der Waals surface area contributed by atoms with Crippen molar-refractivity contribution in [1.29, 1.82) is 0 Å². The molecule has 0 aromatic heterocycles. The molecule has 0 unspecified atom stereocenters. The van der Waals surface area contributed by atoms with Crippen LogP contribution in [0.4, 0.5) is 10.5 Å². The van der Waals surface area contributed by atoms with E-state index in [2.05, 4.69) is 4.90 Å². The Hall–Kier alpha value is -3.03. The van der Waals surface area contributed by atoms with Crippen molar-refractivity contribution in [3.63, 3.8) is 0 Å². The number of benzene rings is 1. The van der Waals surface area contributed by atoms with Gasteiger partial charge >= 0.3 is 12.1 Å². The molecule has 2 saturated heterocycles. The first-order valence-corrected chi connectivity index (χ1v) is 19.3. The van der Waals surface area contributed by atoms with Crippen LogP contribution < -0.4 is 4.90 Å². The number of ketones is 1. The molecule has 1 aromatic carbocycles. The highest BCUT2D eigenvalue weighted by molar-refractivity contribution is 5.88. The standard InChI is InChI=1S/C41H65N3O9/c1-13-32-41(8)35(44(39(48)53-41)21-17-20-43(11)30-18-15-14-16-19-30)29(6)33(45)27(4)24-40(7,49-12)36(25(2)22-26(3)37(47)51-32)52-38-34(46)31(42(9)10)23-28(5)50-38/h14-16,18-19,22,25,27-29,31-32,34-36,38,46H,13,17,20-21,23-24H2,1-12H3/b26-22+/t25-,27+,28+,29-,31-,32+,34+,35+,36+,38-,40-,41+/m0/s1. The molecule has 0 saturated carbocycles. The van der Waals surface area contributed by atoms with Crippen molar-refractivity contribution in [2.75, 3.05) is 46.2 Å². The maximum Gasteiger partial charge on any atom is 0.410 e. The minimum atomic E-state index is -1.29. The van der Waals surface area contributed by atoms with Crippen molar-refractivity contribution in [3.8, 4) is 0 Å². The molecule has 12 heteroatoms.